The van der Waals surface area contributed by atoms with Gasteiger partial charge in [-0.3, -0.25) is 4.99 Å². The van der Waals surface area contributed by atoms with Gasteiger partial charge in [0.25, 0.3) is 0 Å². The van der Waals surface area contributed by atoms with Gasteiger partial charge in [-0.2, -0.15) is 5.10 Å². The lowest BCUT2D eigenvalue weighted by Gasteiger charge is -2.40. The molecule has 0 saturated heterocycles. The van der Waals surface area contributed by atoms with Gasteiger partial charge in [0, 0.05) is 40.1 Å². The molecule has 7 rings (SSSR count). The van der Waals surface area contributed by atoms with E-state index in [9.17, 15) is 5.11 Å². The van der Waals surface area contributed by atoms with E-state index >= 15 is 0 Å². The first-order chi connectivity index (χ1) is 25.2. The summed E-state index contributed by atoms with van der Waals surface area (Å²) in [5.41, 5.74) is 7.72. The number of rotatable bonds is 11. The van der Waals surface area contributed by atoms with E-state index in [1.807, 2.05) is 42.5 Å². The van der Waals surface area contributed by atoms with Crippen LogP contribution >= 0.6 is 11.8 Å². The van der Waals surface area contributed by atoms with Crippen LogP contribution in [0.25, 0.3) is 49.4 Å². The maximum absolute atomic E-state index is 11.1. The summed E-state index contributed by atoms with van der Waals surface area (Å²) in [7, 11) is 0. The lowest BCUT2D eigenvalue weighted by molar-refractivity contribution is -0.0336. The maximum Gasteiger partial charge on any atom is 0.156 e. The van der Waals surface area contributed by atoms with Crippen molar-refractivity contribution in [1.29, 1.82) is 0 Å². The number of hydrogen-bond acceptors (Lipinski definition) is 4. The van der Waals surface area contributed by atoms with E-state index in [2.05, 4.69) is 147 Å². The topological polar surface area (TPSA) is 49.9 Å². The van der Waals surface area contributed by atoms with E-state index in [1.165, 1.54) is 43.1 Å². The van der Waals surface area contributed by atoms with Crippen LogP contribution < -0.4 is 5.49 Å². The normalized spacial score (nSPS) is 14.8. The molecule has 0 radical (unpaired) electrons. The van der Waals surface area contributed by atoms with E-state index in [4.69, 9.17) is 4.99 Å². The zero-order valence-corrected chi connectivity index (χ0v) is 31.5. The molecule has 5 aromatic carbocycles. The Morgan fingerprint density at radius 1 is 0.769 bits per heavy atom. The number of benzene rings is 5. The van der Waals surface area contributed by atoms with E-state index in [1.54, 1.807) is 0 Å². The van der Waals surface area contributed by atoms with Crippen molar-refractivity contribution < 1.29 is 5.11 Å². The maximum atomic E-state index is 11.1. The van der Waals surface area contributed by atoms with Crippen molar-refractivity contribution in [3.05, 3.63) is 150 Å². The first-order valence-electron chi connectivity index (χ1n) is 18.3. The Bertz CT molecular complexity index is 2320. The lowest BCUT2D eigenvalue weighted by Crippen LogP contribution is -2.42. The van der Waals surface area contributed by atoms with Gasteiger partial charge in [0.15, 0.2) is 5.49 Å². The Labute approximate surface area is 312 Å². The molecule has 1 aromatic heterocycles. The van der Waals surface area contributed by atoms with E-state index in [0.717, 1.165) is 52.8 Å². The number of allylic oxidation sites excluding steroid dienone is 4. The Morgan fingerprint density at radius 2 is 1.40 bits per heavy atom. The van der Waals surface area contributed by atoms with Crippen molar-refractivity contribution >= 4 is 45.6 Å². The summed E-state index contributed by atoms with van der Waals surface area (Å²) in [6.07, 6.45) is 11.7. The van der Waals surface area contributed by atoms with Gasteiger partial charge in [0.1, 0.15) is 0 Å². The Kier molecular flexibility index (Phi) is 10.2. The summed E-state index contributed by atoms with van der Waals surface area (Å²) in [4.78, 5) is 6.43. The van der Waals surface area contributed by atoms with Crippen LogP contribution in [0.2, 0.25) is 0 Å². The predicted molar refractivity (Wildman–Crippen MR) is 223 cm³/mol. The third-order valence-corrected chi connectivity index (χ3v) is 12.4. The SMILES string of the molecule is C=Nn1cc(C2=CCCC=C2)cc(-c2ccccc2)/c1=N/Cc1ccc(-c2c3ccccc3c(SCC(C)(CC)C(C)(C)O)c3ccccc23)cc1. The van der Waals surface area contributed by atoms with Crippen LogP contribution in [0.3, 0.4) is 0 Å². The minimum Gasteiger partial charge on any atom is -0.390 e. The van der Waals surface area contributed by atoms with Crippen molar-refractivity contribution in [2.45, 2.75) is 64.0 Å². The zero-order valence-electron chi connectivity index (χ0n) is 30.6. The fraction of sp³-hybridized carbons (Fsp3) is 0.234. The van der Waals surface area contributed by atoms with Gasteiger partial charge in [0.05, 0.1) is 12.1 Å². The molecule has 262 valence electrons. The molecule has 4 nitrogen and oxygen atoms in total. The smallest absolute Gasteiger partial charge is 0.156 e. The summed E-state index contributed by atoms with van der Waals surface area (Å²) in [5.74, 6) is 0.823. The summed E-state index contributed by atoms with van der Waals surface area (Å²) < 4.78 is 1.82. The van der Waals surface area contributed by atoms with Gasteiger partial charge in [-0.15, -0.1) is 11.8 Å². The third kappa shape index (κ3) is 6.96. The highest BCUT2D eigenvalue weighted by Crippen LogP contribution is 2.46. The van der Waals surface area contributed by atoms with Crippen LogP contribution in [-0.4, -0.2) is 27.9 Å². The lowest BCUT2D eigenvalue weighted by atomic mass is 9.75. The molecule has 0 bridgehead atoms. The van der Waals surface area contributed by atoms with Gasteiger partial charge in [0.2, 0.25) is 0 Å². The summed E-state index contributed by atoms with van der Waals surface area (Å²) in [5, 5.41) is 20.4. The van der Waals surface area contributed by atoms with Crippen molar-refractivity contribution in [2.24, 2.45) is 15.5 Å². The largest absolute Gasteiger partial charge is 0.390 e. The van der Waals surface area contributed by atoms with E-state index < -0.39 is 5.60 Å². The highest BCUT2D eigenvalue weighted by Gasteiger charge is 2.38. The number of nitrogens with zero attached hydrogens (tertiary/aromatic N) is 3. The van der Waals surface area contributed by atoms with Gasteiger partial charge in [-0.25, -0.2) is 4.68 Å². The van der Waals surface area contributed by atoms with Gasteiger partial charge in [-0.05, 0) is 88.5 Å². The molecule has 0 spiro atoms. The Morgan fingerprint density at radius 3 is 1.98 bits per heavy atom. The zero-order chi connectivity index (χ0) is 36.3. The van der Waals surface area contributed by atoms with Crippen molar-refractivity contribution in [1.82, 2.24) is 4.68 Å². The number of fused-ring (bicyclic) bond motifs is 2. The molecule has 6 aromatic rings. The van der Waals surface area contributed by atoms with Gasteiger partial charge in [-0.1, -0.05) is 135 Å². The molecular formula is C47H47N3OS. The molecule has 0 fully saturated rings. The van der Waals surface area contributed by atoms with Crippen LogP contribution in [0, 0.1) is 5.41 Å². The minimum absolute atomic E-state index is 0.228. The molecule has 1 unspecified atom stereocenters. The fourth-order valence-corrected chi connectivity index (χ4v) is 8.78. The average Bonchev–Trinajstić information content (AvgIpc) is 3.18. The van der Waals surface area contributed by atoms with Crippen LogP contribution in [-0.2, 0) is 6.54 Å². The molecule has 0 saturated carbocycles. The summed E-state index contributed by atoms with van der Waals surface area (Å²) >= 11 is 1.87. The minimum atomic E-state index is -0.784. The van der Waals surface area contributed by atoms with Crippen molar-refractivity contribution in [2.75, 3.05) is 5.75 Å². The predicted octanol–water partition coefficient (Wildman–Crippen LogP) is 11.7. The molecule has 0 aliphatic heterocycles. The number of aromatic nitrogens is 1. The molecular weight excluding hydrogens is 655 g/mol. The van der Waals surface area contributed by atoms with E-state index in [0.29, 0.717) is 6.54 Å². The highest BCUT2D eigenvalue weighted by molar-refractivity contribution is 7.99. The number of hydrogen-bond donors (Lipinski definition) is 1. The second-order valence-electron chi connectivity index (χ2n) is 14.5. The molecule has 0 amide bonds. The first kappa shape index (κ1) is 35.4. The molecule has 1 N–H and O–H groups in total. The molecule has 1 heterocycles. The standard InChI is InChI=1S/C47H47N3OS/c1-6-47(4,46(2,3)51)32-52-44-40-23-15-13-21-38(40)43(39-22-14-16-24-41(39)44)36-27-25-33(26-28-36)30-49-45-42(35-19-11-8-12-20-35)29-37(31-50(45)48-5)34-17-9-7-10-18-34/h8-9,11-29,31,51H,5-7,10,30,32H2,1-4H3/b49-45-. The third-order valence-electron chi connectivity index (χ3n) is 10.9. The number of thioether (sulfide) groups is 1. The second-order valence-corrected chi connectivity index (χ2v) is 15.5. The monoisotopic (exact) mass is 701 g/mol. The van der Waals surface area contributed by atoms with E-state index in [-0.39, 0.29) is 5.41 Å². The Hall–Kier alpha value is -4.97. The second kappa shape index (κ2) is 14.9. The summed E-state index contributed by atoms with van der Waals surface area (Å²) in [6.45, 7) is 12.7. The van der Waals surface area contributed by atoms with Crippen LogP contribution in [0.4, 0.5) is 0 Å². The summed E-state index contributed by atoms with van der Waals surface area (Å²) in [6, 6.07) is 39.0. The number of pyridine rings is 1. The van der Waals surface area contributed by atoms with Crippen LogP contribution in [0.1, 0.15) is 58.1 Å². The van der Waals surface area contributed by atoms with Crippen molar-refractivity contribution in [3.63, 3.8) is 0 Å². The first-order valence-corrected chi connectivity index (χ1v) is 19.2. The highest BCUT2D eigenvalue weighted by atomic mass is 32.2. The van der Waals surface area contributed by atoms with Crippen LogP contribution in [0.15, 0.2) is 149 Å². The molecule has 1 aliphatic carbocycles. The Balaban J connectivity index is 1.27. The van der Waals surface area contributed by atoms with Crippen molar-refractivity contribution in [3.8, 4) is 22.3 Å². The van der Waals surface area contributed by atoms with Crippen LogP contribution in [0.5, 0.6) is 0 Å². The molecule has 1 atom stereocenters. The average molecular weight is 702 g/mol. The number of aliphatic hydroxyl groups is 1. The molecule has 5 heteroatoms. The molecule has 52 heavy (non-hydrogen) atoms. The molecule has 1 aliphatic rings. The van der Waals surface area contributed by atoms with Gasteiger partial charge >= 0.3 is 0 Å². The van der Waals surface area contributed by atoms with Gasteiger partial charge < -0.3 is 5.11 Å². The fourth-order valence-electron chi connectivity index (χ4n) is 7.10. The quantitative estimate of drug-likeness (QED) is 0.0830.